The predicted octanol–water partition coefficient (Wildman–Crippen LogP) is 7.02. The molecule has 0 radical (unpaired) electrons. The molecule has 3 aliphatic carbocycles. The summed E-state index contributed by atoms with van der Waals surface area (Å²) in [6.45, 7) is 9.00. The van der Waals surface area contributed by atoms with E-state index in [4.69, 9.17) is 10.5 Å². The van der Waals surface area contributed by atoms with Crippen LogP contribution in [0.4, 0.5) is 0 Å². The van der Waals surface area contributed by atoms with Gasteiger partial charge in [0.25, 0.3) is 0 Å². The molecule has 3 heterocycles. The Morgan fingerprint density at radius 1 is 0.939 bits per heavy atom. The zero-order valence-electron chi connectivity index (χ0n) is 39.0. The molecule has 8 rings (SSSR count). The van der Waals surface area contributed by atoms with Gasteiger partial charge in [-0.1, -0.05) is 108 Å². The van der Waals surface area contributed by atoms with Gasteiger partial charge in [-0.2, -0.15) is 0 Å². The molecule has 6 aliphatic rings. The first-order valence-corrected chi connectivity index (χ1v) is 24.5. The van der Waals surface area contributed by atoms with E-state index in [2.05, 4.69) is 54.2 Å². The smallest absolute Gasteiger partial charge is 0.243 e. The number of nitrogens with one attached hydrogen (secondary N) is 2. The van der Waals surface area contributed by atoms with E-state index in [9.17, 15) is 30.0 Å². The SMILES string of the molecule is C=C1/C=C/C=C(\[C@H]2[C@@H]3CCC[C@@]4(O)CCC5=C(C)C(=O)Cc6cccc7c6[C@@H](NC[C@@H](O)CCc6cccc(c6)C[C@H](O)CC[C@H]5[C@]4(C3)[C@@H]2O)C(=O)N[C@H]7N)COCC#CC/C(C)=C/CC1. The van der Waals surface area contributed by atoms with Crippen LogP contribution in [-0.2, 0) is 33.6 Å². The Morgan fingerprint density at radius 3 is 2.61 bits per heavy atom. The molecule has 0 unspecified atom stereocenters. The molecule has 2 aromatic carbocycles. The van der Waals surface area contributed by atoms with Crippen molar-refractivity contribution in [2.24, 2.45) is 28.9 Å². The Bertz CT molecular complexity index is 2350. The summed E-state index contributed by atoms with van der Waals surface area (Å²) in [4.78, 5) is 28.6. The number of hydrogen-bond acceptors (Lipinski definition) is 9. The molecule has 2 aromatic rings. The van der Waals surface area contributed by atoms with Crippen LogP contribution in [0.25, 0.3) is 0 Å². The number of amides is 1. The number of rotatable bonds is 1. The second-order valence-corrected chi connectivity index (χ2v) is 20.3. The van der Waals surface area contributed by atoms with Crippen molar-refractivity contribution in [3.63, 3.8) is 0 Å². The van der Waals surface area contributed by atoms with Crippen LogP contribution in [0.1, 0.15) is 131 Å². The topological polar surface area (TPSA) is 174 Å². The predicted molar refractivity (Wildman–Crippen MR) is 258 cm³/mol. The Morgan fingerprint density at radius 2 is 1.76 bits per heavy atom. The van der Waals surface area contributed by atoms with Crippen LogP contribution in [0.3, 0.4) is 0 Å². The number of aliphatic hydroxyl groups excluding tert-OH is 3. The van der Waals surface area contributed by atoms with Crippen LogP contribution >= 0.6 is 0 Å². The molecule has 66 heavy (non-hydrogen) atoms. The number of carbonyl (C=O) groups excluding carboxylic acids is 2. The van der Waals surface area contributed by atoms with E-state index in [1.54, 1.807) is 0 Å². The molecule has 0 aromatic heterocycles. The second-order valence-electron chi connectivity index (χ2n) is 20.3. The van der Waals surface area contributed by atoms with Gasteiger partial charge in [0.05, 0.1) is 30.5 Å². The van der Waals surface area contributed by atoms with Crippen molar-refractivity contribution in [3.8, 4) is 11.8 Å². The summed E-state index contributed by atoms with van der Waals surface area (Å²) >= 11 is 0. The van der Waals surface area contributed by atoms with Crippen molar-refractivity contribution in [3.05, 3.63) is 129 Å². The lowest BCUT2D eigenvalue weighted by Crippen LogP contribution is -2.61. The molecular formula is C56H71N3O7. The fraction of sp³-hybridized carbons (Fsp3) is 0.536. The summed E-state index contributed by atoms with van der Waals surface area (Å²) in [5.41, 5.74) is 13.2. The first-order chi connectivity index (χ1) is 31.8. The molecular weight excluding hydrogens is 827 g/mol. The molecule has 3 aliphatic heterocycles. The van der Waals surface area contributed by atoms with Crippen LogP contribution < -0.4 is 16.4 Å². The number of nitrogens with two attached hydrogens (primary N) is 1. The highest BCUT2D eigenvalue weighted by atomic mass is 16.5. The Kier molecular flexibility index (Phi) is 15.2. The summed E-state index contributed by atoms with van der Waals surface area (Å²) in [6, 6.07) is 12.9. The molecule has 3 fully saturated rings. The van der Waals surface area contributed by atoms with Crippen molar-refractivity contribution in [1.29, 1.82) is 0 Å². The van der Waals surface area contributed by atoms with Gasteiger partial charge in [-0.25, -0.2) is 0 Å². The van der Waals surface area contributed by atoms with Gasteiger partial charge in [0.15, 0.2) is 5.78 Å². The summed E-state index contributed by atoms with van der Waals surface area (Å²) in [5.74, 6) is 5.37. The molecule has 8 N–H and O–H groups in total. The minimum absolute atomic E-state index is 0.0225. The molecule has 1 spiro atoms. The van der Waals surface area contributed by atoms with Gasteiger partial charge >= 0.3 is 0 Å². The van der Waals surface area contributed by atoms with E-state index in [1.165, 1.54) is 5.57 Å². The number of hydrogen-bond donors (Lipinski definition) is 7. The highest BCUT2D eigenvalue weighted by molar-refractivity contribution is 5.98. The normalized spacial score (nSPS) is 36.1. The number of benzene rings is 2. The molecule has 1 amide bonds. The fourth-order valence-corrected chi connectivity index (χ4v) is 12.7. The number of fused-ring (bicyclic) bond motifs is 4. The number of ketones is 1. The van der Waals surface area contributed by atoms with Crippen molar-refractivity contribution >= 4 is 11.7 Å². The molecule has 10 nitrogen and oxygen atoms in total. The number of carbonyl (C=O) groups is 2. The summed E-state index contributed by atoms with van der Waals surface area (Å²) in [7, 11) is 0. The lowest BCUT2D eigenvalue weighted by Gasteiger charge is -2.57. The average Bonchev–Trinajstić information content (AvgIpc) is 3.46. The van der Waals surface area contributed by atoms with Gasteiger partial charge < -0.3 is 36.2 Å². The largest absolute Gasteiger partial charge is 0.393 e. The number of aliphatic hydroxyl groups is 4. The lowest BCUT2D eigenvalue weighted by atomic mass is 9.51. The van der Waals surface area contributed by atoms with E-state index in [0.717, 1.165) is 59.1 Å². The zero-order valence-corrected chi connectivity index (χ0v) is 39.0. The van der Waals surface area contributed by atoms with Gasteiger partial charge in [0, 0.05) is 30.7 Å². The third-order valence-corrected chi connectivity index (χ3v) is 16.1. The van der Waals surface area contributed by atoms with E-state index >= 15 is 0 Å². The first kappa shape index (κ1) is 48.0. The third-order valence-electron chi connectivity index (χ3n) is 16.1. The number of β-amino-alcohol motifs (C(OH)–C–C–N with tert-alkyl or cyclic N) is 1. The van der Waals surface area contributed by atoms with Crippen molar-refractivity contribution in [1.82, 2.24) is 10.6 Å². The maximum absolute atomic E-state index is 14.9. The van der Waals surface area contributed by atoms with Crippen molar-refractivity contribution in [2.45, 2.75) is 146 Å². The highest BCUT2D eigenvalue weighted by Crippen LogP contribution is 2.68. The van der Waals surface area contributed by atoms with E-state index in [0.29, 0.717) is 80.9 Å². The van der Waals surface area contributed by atoms with Crippen LogP contribution in [0.15, 0.2) is 101 Å². The maximum atomic E-state index is 14.9. The number of allylic oxidation sites excluding steroid dienone is 8. The van der Waals surface area contributed by atoms with E-state index in [1.807, 2.05) is 55.5 Å². The Balaban J connectivity index is 1.20. The highest BCUT2D eigenvalue weighted by Gasteiger charge is 2.68. The van der Waals surface area contributed by atoms with Crippen molar-refractivity contribution in [2.75, 3.05) is 19.8 Å². The van der Waals surface area contributed by atoms with Crippen LogP contribution in [-0.4, -0.2) is 75.8 Å². The maximum Gasteiger partial charge on any atom is 0.243 e. The van der Waals surface area contributed by atoms with E-state index in [-0.39, 0.29) is 49.7 Å². The number of aryl methyl sites for hydroxylation is 1. The number of ether oxygens (including phenoxy) is 1. The van der Waals surface area contributed by atoms with E-state index < -0.39 is 47.5 Å². The van der Waals surface area contributed by atoms with Gasteiger partial charge in [0.2, 0.25) is 5.91 Å². The number of Topliss-reactive ketones (excluding diaryl/α,β-unsaturated/α-hetero) is 1. The third kappa shape index (κ3) is 10.0. The standard InChI is InChI=1S/C56H71N3O7/c1-35-11-4-5-28-66-34-42(18-7-14-36(2)13-6-12-35)49-41-19-10-26-55(65)27-25-45-37(3)48(62)31-40-17-9-20-46-50(40)51(54(64)59-53(46)57)58-33-44(61)22-21-38-15-8-16-39(29-38)30-43(60)23-24-47(45)56(55,32-41)52(49)63/h7-9,12,14-18,20,29,41,43-44,47,49,51-53,58,60-61,63,65H,2,6,10-11,13,19,21-28,30-34,57H2,1,3H3,(H,59,64)/b14-7+,35-12+,42-18-,45-37?/t41-,43-,44+,47-,49-,51-,52-,53-,55-,56-/m1/s1. The monoisotopic (exact) mass is 898 g/mol. The Labute approximate surface area is 391 Å². The molecule has 10 atom stereocenters. The molecule has 4 bridgehead atoms. The van der Waals surface area contributed by atoms with Crippen LogP contribution in [0.2, 0.25) is 0 Å². The summed E-state index contributed by atoms with van der Waals surface area (Å²) in [5, 5.41) is 55.7. The first-order valence-electron chi connectivity index (χ1n) is 24.5. The minimum atomic E-state index is -1.20. The van der Waals surface area contributed by atoms with Crippen LogP contribution in [0.5, 0.6) is 0 Å². The fourth-order valence-electron chi connectivity index (χ4n) is 12.7. The lowest BCUT2D eigenvalue weighted by molar-refractivity contribution is -0.181. The average molecular weight is 898 g/mol. The second kappa shape index (κ2) is 20.8. The van der Waals surface area contributed by atoms with Crippen molar-refractivity contribution < 1.29 is 34.8 Å². The van der Waals surface area contributed by atoms with Gasteiger partial charge in [-0.05, 0) is 142 Å². The van der Waals surface area contributed by atoms with Crippen LogP contribution in [0, 0.1) is 35.0 Å². The molecule has 3 saturated carbocycles. The quantitative estimate of drug-likeness (QED) is 0.117. The Hall–Kier alpha value is -4.44. The molecule has 352 valence electrons. The van der Waals surface area contributed by atoms with Gasteiger partial charge in [-0.3, -0.25) is 14.9 Å². The molecule has 10 heteroatoms. The van der Waals surface area contributed by atoms with Gasteiger partial charge in [0.1, 0.15) is 18.8 Å². The zero-order chi connectivity index (χ0) is 46.6. The minimum Gasteiger partial charge on any atom is -0.393 e. The van der Waals surface area contributed by atoms with Gasteiger partial charge in [-0.15, -0.1) is 0 Å². The molecule has 0 saturated heterocycles. The summed E-state index contributed by atoms with van der Waals surface area (Å²) in [6.07, 6.45) is 13.7. The summed E-state index contributed by atoms with van der Waals surface area (Å²) < 4.78 is 6.27.